The number of benzene rings is 2. The van der Waals surface area contributed by atoms with Gasteiger partial charge in [-0.2, -0.15) is 4.52 Å². The molecule has 0 atom stereocenters. The first-order valence-electron chi connectivity index (χ1n) is 6.47. The Bertz CT molecular complexity index is 1090. The molecule has 4 rings (SSSR count). The lowest BCUT2D eigenvalue weighted by molar-refractivity contribution is 0.628. The molecular weight excluding hydrogens is 307 g/mol. The smallest absolute Gasteiger partial charge is 0.304 e. The second kappa shape index (κ2) is 4.64. The average Bonchev–Trinajstić information content (AvgIpc) is 2.95. The molecule has 0 spiro atoms. The van der Waals surface area contributed by atoms with Crippen molar-refractivity contribution in [2.75, 3.05) is 0 Å². The van der Waals surface area contributed by atoms with Crippen LogP contribution < -0.4 is 5.69 Å². The lowest BCUT2D eigenvalue weighted by Gasteiger charge is -2.00. The monoisotopic (exact) mass is 314 g/mol. The van der Waals surface area contributed by atoms with E-state index in [4.69, 9.17) is 11.6 Å². The molecule has 2 aromatic heterocycles. The van der Waals surface area contributed by atoms with Crippen molar-refractivity contribution in [3.63, 3.8) is 0 Å². The molecule has 5 nitrogen and oxygen atoms in total. The zero-order valence-corrected chi connectivity index (χ0v) is 11.8. The van der Waals surface area contributed by atoms with Crippen LogP contribution in [0.2, 0.25) is 5.02 Å². The third kappa shape index (κ3) is 1.88. The standard InChI is InChI=1S/C15H8ClFN4O/c16-11-6-2-5-10-12(11)18-15(22)21-14(10)19-13(20-21)8-3-1-4-9(17)7-8/h1-7H,(H,18,22). The molecule has 0 unspecified atom stereocenters. The Kier molecular flexibility index (Phi) is 2.74. The number of aromatic nitrogens is 4. The van der Waals surface area contributed by atoms with Crippen molar-refractivity contribution in [1.82, 2.24) is 19.6 Å². The highest BCUT2D eigenvalue weighted by atomic mass is 35.5. The molecule has 22 heavy (non-hydrogen) atoms. The maximum atomic E-state index is 13.3. The summed E-state index contributed by atoms with van der Waals surface area (Å²) in [5.74, 6) is -0.115. The first-order valence-corrected chi connectivity index (χ1v) is 6.84. The van der Waals surface area contributed by atoms with E-state index in [-0.39, 0.29) is 5.82 Å². The van der Waals surface area contributed by atoms with E-state index in [0.717, 1.165) is 4.52 Å². The number of nitrogens with zero attached hydrogens (tertiary/aromatic N) is 3. The summed E-state index contributed by atoms with van der Waals surface area (Å²) in [5, 5.41) is 5.25. The summed E-state index contributed by atoms with van der Waals surface area (Å²) in [6, 6.07) is 11.1. The molecule has 2 aromatic carbocycles. The van der Waals surface area contributed by atoms with E-state index >= 15 is 0 Å². The Morgan fingerprint density at radius 3 is 2.82 bits per heavy atom. The van der Waals surface area contributed by atoms with E-state index in [9.17, 15) is 9.18 Å². The largest absolute Gasteiger partial charge is 0.348 e. The van der Waals surface area contributed by atoms with Gasteiger partial charge in [0.25, 0.3) is 0 Å². The summed E-state index contributed by atoms with van der Waals surface area (Å²) in [5.41, 5.74) is 0.921. The Morgan fingerprint density at radius 1 is 1.18 bits per heavy atom. The zero-order chi connectivity index (χ0) is 15.3. The highest BCUT2D eigenvalue weighted by molar-refractivity contribution is 6.35. The first-order chi connectivity index (χ1) is 10.6. The molecule has 108 valence electrons. The van der Waals surface area contributed by atoms with Crippen LogP contribution in [0.1, 0.15) is 0 Å². The summed E-state index contributed by atoms with van der Waals surface area (Å²) < 4.78 is 14.5. The molecule has 0 saturated heterocycles. The van der Waals surface area contributed by atoms with Crippen molar-refractivity contribution in [3.05, 3.63) is 63.8 Å². The zero-order valence-electron chi connectivity index (χ0n) is 11.0. The molecule has 1 N–H and O–H groups in total. The fraction of sp³-hybridized carbons (Fsp3) is 0. The maximum Gasteiger partial charge on any atom is 0.348 e. The lowest BCUT2D eigenvalue weighted by atomic mass is 10.2. The van der Waals surface area contributed by atoms with Crippen molar-refractivity contribution in [2.45, 2.75) is 0 Å². The summed E-state index contributed by atoms with van der Waals surface area (Å²) >= 11 is 6.10. The van der Waals surface area contributed by atoms with Gasteiger partial charge < -0.3 is 4.98 Å². The van der Waals surface area contributed by atoms with Gasteiger partial charge in [-0.1, -0.05) is 29.8 Å². The van der Waals surface area contributed by atoms with Gasteiger partial charge in [-0.15, -0.1) is 5.10 Å². The van der Waals surface area contributed by atoms with Crippen LogP contribution in [0.25, 0.3) is 27.9 Å². The summed E-state index contributed by atoms with van der Waals surface area (Å²) in [4.78, 5) is 19.2. The van der Waals surface area contributed by atoms with Gasteiger partial charge in [0.1, 0.15) is 5.82 Å². The number of hydrogen-bond donors (Lipinski definition) is 1. The fourth-order valence-corrected chi connectivity index (χ4v) is 2.60. The topological polar surface area (TPSA) is 63.0 Å². The van der Waals surface area contributed by atoms with Crippen molar-refractivity contribution in [1.29, 1.82) is 0 Å². The van der Waals surface area contributed by atoms with Gasteiger partial charge in [-0.05, 0) is 24.3 Å². The molecule has 4 aromatic rings. The molecule has 0 amide bonds. The first kappa shape index (κ1) is 13.0. The van der Waals surface area contributed by atoms with E-state index in [1.807, 2.05) is 0 Å². The normalized spacial score (nSPS) is 11.4. The third-order valence-electron chi connectivity index (χ3n) is 3.37. The highest BCUT2D eigenvalue weighted by Crippen LogP contribution is 2.24. The second-order valence-corrected chi connectivity index (χ2v) is 5.18. The number of fused-ring (bicyclic) bond motifs is 3. The molecule has 0 aliphatic rings. The van der Waals surface area contributed by atoms with Gasteiger partial charge >= 0.3 is 5.69 Å². The van der Waals surface area contributed by atoms with Crippen molar-refractivity contribution >= 4 is 28.2 Å². The fourth-order valence-electron chi connectivity index (χ4n) is 2.38. The van der Waals surface area contributed by atoms with E-state index in [0.29, 0.717) is 27.1 Å². The van der Waals surface area contributed by atoms with Crippen LogP contribution in [-0.2, 0) is 0 Å². The number of aromatic amines is 1. The highest BCUT2D eigenvalue weighted by Gasteiger charge is 2.13. The lowest BCUT2D eigenvalue weighted by Crippen LogP contribution is -2.17. The second-order valence-electron chi connectivity index (χ2n) is 4.77. The van der Waals surface area contributed by atoms with Crippen LogP contribution in [0.4, 0.5) is 4.39 Å². The van der Waals surface area contributed by atoms with Crippen molar-refractivity contribution in [3.8, 4) is 11.4 Å². The maximum absolute atomic E-state index is 13.3. The van der Waals surface area contributed by atoms with E-state index in [1.165, 1.54) is 12.1 Å². The Balaban J connectivity index is 2.09. The summed E-state index contributed by atoms with van der Waals surface area (Å²) in [6.07, 6.45) is 0. The van der Waals surface area contributed by atoms with Gasteiger partial charge in [0.15, 0.2) is 11.5 Å². The van der Waals surface area contributed by atoms with Crippen molar-refractivity contribution < 1.29 is 4.39 Å². The molecule has 0 aliphatic carbocycles. The molecule has 0 saturated carbocycles. The number of H-pyrrole nitrogens is 1. The van der Waals surface area contributed by atoms with Crippen molar-refractivity contribution in [2.24, 2.45) is 0 Å². The van der Waals surface area contributed by atoms with E-state index in [2.05, 4.69) is 15.1 Å². The Morgan fingerprint density at radius 2 is 2.00 bits per heavy atom. The summed E-state index contributed by atoms with van der Waals surface area (Å²) in [6.45, 7) is 0. The van der Waals surface area contributed by atoms with Crippen LogP contribution in [0, 0.1) is 5.82 Å². The van der Waals surface area contributed by atoms with Gasteiger partial charge in [0.05, 0.1) is 10.5 Å². The quantitative estimate of drug-likeness (QED) is 0.587. The number of hydrogen-bond acceptors (Lipinski definition) is 3. The Hall–Kier alpha value is -2.73. The van der Waals surface area contributed by atoms with Crippen LogP contribution in [0.3, 0.4) is 0 Å². The van der Waals surface area contributed by atoms with E-state index in [1.54, 1.807) is 30.3 Å². The van der Waals surface area contributed by atoms with Crippen LogP contribution >= 0.6 is 11.6 Å². The predicted octanol–water partition coefficient (Wildman–Crippen LogP) is 3.03. The molecular formula is C15H8ClFN4O. The minimum atomic E-state index is -0.453. The number of para-hydroxylation sites is 1. The molecule has 0 aliphatic heterocycles. The molecule has 0 bridgehead atoms. The number of nitrogens with one attached hydrogen (secondary N) is 1. The molecule has 0 fully saturated rings. The molecule has 2 heterocycles. The summed E-state index contributed by atoms with van der Waals surface area (Å²) in [7, 11) is 0. The molecule has 7 heteroatoms. The minimum Gasteiger partial charge on any atom is -0.304 e. The number of halogens is 2. The third-order valence-corrected chi connectivity index (χ3v) is 3.68. The van der Waals surface area contributed by atoms with Crippen LogP contribution in [0.5, 0.6) is 0 Å². The SMILES string of the molecule is O=c1[nH]c2c(Cl)cccc2c2nc(-c3cccc(F)c3)nn12. The molecule has 0 radical (unpaired) electrons. The minimum absolute atomic E-state index is 0.275. The average molecular weight is 315 g/mol. The van der Waals surface area contributed by atoms with Gasteiger partial charge in [-0.25, -0.2) is 14.2 Å². The van der Waals surface area contributed by atoms with E-state index < -0.39 is 11.5 Å². The predicted molar refractivity (Wildman–Crippen MR) is 81.5 cm³/mol. The Labute approximate surface area is 128 Å². The van der Waals surface area contributed by atoms with Gasteiger partial charge in [0.2, 0.25) is 0 Å². The van der Waals surface area contributed by atoms with Gasteiger partial charge in [-0.3, -0.25) is 0 Å². The number of rotatable bonds is 1. The van der Waals surface area contributed by atoms with Gasteiger partial charge in [0, 0.05) is 10.9 Å². The van der Waals surface area contributed by atoms with Crippen LogP contribution in [-0.4, -0.2) is 19.6 Å². The van der Waals surface area contributed by atoms with Crippen LogP contribution in [0.15, 0.2) is 47.3 Å².